The summed E-state index contributed by atoms with van der Waals surface area (Å²) in [5.41, 5.74) is 0. The topological polar surface area (TPSA) is 197 Å². The number of hydrogen-bond donors (Lipinski definition) is 4. The van der Waals surface area contributed by atoms with Crippen molar-refractivity contribution in [2.24, 2.45) is 0 Å². The molecule has 1 aliphatic heterocycles. The van der Waals surface area contributed by atoms with E-state index in [9.17, 15) is 28.8 Å². The van der Waals surface area contributed by atoms with Crippen LogP contribution in [0.3, 0.4) is 0 Å². The highest BCUT2D eigenvalue weighted by Crippen LogP contribution is 2.25. The Bertz CT molecular complexity index is 869. The van der Waals surface area contributed by atoms with Crippen molar-refractivity contribution < 1.29 is 47.7 Å². The average molecular weight is 615 g/mol. The molecule has 6 amide bonds. The maximum Gasteiger partial charge on any atom is 0.239 e. The van der Waals surface area contributed by atoms with Crippen molar-refractivity contribution in [2.45, 2.75) is 24.3 Å². The highest BCUT2D eigenvalue weighted by Gasteiger charge is 2.43. The number of ether oxygens (including phenoxy) is 4. The molecule has 18 heteroatoms. The fraction of sp³-hybridized carbons (Fsp3) is 0.760. The molecule has 0 aliphatic carbocycles. The second-order valence-electron chi connectivity index (χ2n) is 9.77. The van der Waals surface area contributed by atoms with Crippen molar-refractivity contribution in [3.8, 4) is 0 Å². The molecule has 1 fully saturated rings. The van der Waals surface area contributed by atoms with Crippen molar-refractivity contribution in [1.29, 1.82) is 0 Å². The molecule has 244 valence electrons. The molecule has 0 aromatic carbocycles. The van der Waals surface area contributed by atoms with Gasteiger partial charge in [0.2, 0.25) is 35.4 Å². The van der Waals surface area contributed by atoms with Crippen LogP contribution in [0, 0.1) is 0 Å². The molecule has 0 aromatic rings. The van der Waals surface area contributed by atoms with Crippen LogP contribution in [0.4, 0.5) is 0 Å². The normalized spacial score (nSPS) is 19.4. The number of nitrogens with zero attached hydrogens (tertiary/aromatic N) is 3. The lowest BCUT2D eigenvalue weighted by Gasteiger charge is -2.29. The standard InChI is InChI=1S/C25H46BN7O10/c1-27-17(34)9-32(10-18(35)28-2)21(38)13-31(14-22(39)33(11-19(36)29-3)12-20(37)30-4)7-8-42-24-23(41-6)16(15-40-5)43-25(24)26/h16,23-25H,7-15,26H2,1-6H3,(H,27,34)(H,28,35)(H,29,36)(H,30,37)/t16-,23?,24+,25-/m1/s1. The van der Waals surface area contributed by atoms with Crippen molar-refractivity contribution in [2.75, 3.05) is 101 Å². The predicted molar refractivity (Wildman–Crippen MR) is 155 cm³/mol. The van der Waals surface area contributed by atoms with Gasteiger partial charge in [-0.15, -0.1) is 0 Å². The molecule has 1 unspecified atom stereocenters. The smallest absolute Gasteiger partial charge is 0.239 e. The highest BCUT2D eigenvalue weighted by molar-refractivity contribution is 6.11. The Balaban J connectivity index is 3.16. The van der Waals surface area contributed by atoms with E-state index in [2.05, 4.69) is 21.3 Å². The molecular formula is C25H46BN7O10. The maximum atomic E-state index is 13.3. The van der Waals surface area contributed by atoms with Gasteiger partial charge in [0.25, 0.3) is 0 Å². The van der Waals surface area contributed by atoms with Crippen LogP contribution in [0.5, 0.6) is 0 Å². The summed E-state index contributed by atoms with van der Waals surface area (Å²) >= 11 is 0. The summed E-state index contributed by atoms with van der Waals surface area (Å²) in [6.45, 7) is -1.84. The van der Waals surface area contributed by atoms with Crippen LogP contribution in [0.2, 0.25) is 0 Å². The second kappa shape index (κ2) is 19.8. The number of nitrogens with one attached hydrogen (secondary N) is 4. The van der Waals surface area contributed by atoms with Gasteiger partial charge in [0, 0.05) is 49.0 Å². The van der Waals surface area contributed by atoms with Crippen LogP contribution in [0.1, 0.15) is 0 Å². The fourth-order valence-corrected chi connectivity index (χ4v) is 4.31. The molecule has 1 rings (SSSR count). The Morgan fingerprint density at radius 3 is 1.47 bits per heavy atom. The lowest BCUT2D eigenvalue weighted by atomic mass is 9.93. The van der Waals surface area contributed by atoms with Gasteiger partial charge >= 0.3 is 0 Å². The number of carbonyl (C=O) groups is 6. The Hall–Kier alpha value is -3.32. The summed E-state index contributed by atoms with van der Waals surface area (Å²) in [5, 5.41) is 9.66. The number of amides is 6. The first-order valence-corrected chi connectivity index (χ1v) is 13.8. The SMILES string of the molecule is B[C@@H]1O[C@H](COC)C(OC)[C@@H]1OCCN(CC(=O)N(CC(=O)NC)CC(=O)NC)CC(=O)N(CC(=O)NC)CC(=O)NC. The highest BCUT2D eigenvalue weighted by atomic mass is 16.6. The number of rotatable bonds is 19. The molecule has 0 saturated carbocycles. The third-order valence-electron chi connectivity index (χ3n) is 6.74. The zero-order valence-electron chi connectivity index (χ0n) is 26.1. The van der Waals surface area contributed by atoms with Gasteiger partial charge in [-0.3, -0.25) is 33.7 Å². The van der Waals surface area contributed by atoms with Gasteiger partial charge in [-0.2, -0.15) is 0 Å². The van der Waals surface area contributed by atoms with E-state index in [1.54, 1.807) is 7.11 Å². The Morgan fingerprint density at radius 2 is 1.12 bits per heavy atom. The number of methoxy groups -OCH3 is 2. The van der Waals surface area contributed by atoms with Gasteiger partial charge in [-0.05, 0) is 0 Å². The Morgan fingerprint density at radius 1 is 0.698 bits per heavy atom. The molecule has 0 radical (unpaired) electrons. The zero-order chi connectivity index (χ0) is 32.5. The molecule has 4 N–H and O–H groups in total. The van der Waals surface area contributed by atoms with E-state index in [1.807, 2.05) is 7.85 Å². The summed E-state index contributed by atoms with van der Waals surface area (Å²) < 4.78 is 22.8. The average Bonchev–Trinajstić information content (AvgIpc) is 3.28. The van der Waals surface area contributed by atoms with Gasteiger partial charge in [0.15, 0.2) is 0 Å². The van der Waals surface area contributed by atoms with Crippen LogP contribution < -0.4 is 21.3 Å². The molecule has 0 spiro atoms. The minimum atomic E-state index is -0.600. The molecule has 17 nitrogen and oxygen atoms in total. The van der Waals surface area contributed by atoms with Crippen molar-refractivity contribution in [3.63, 3.8) is 0 Å². The summed E-state index contributed by atoms with van der Waals surface area (Å²) in [6, 6.07) is -0.326. The van der Waals surface area contributed by atoms with Crippen LogP contribution in [0.25, 0.3) is 0 Å². The lowest BCUT2D eigenvalue weighted by molar-refractivity contribution is -0.143. The van der Waals surface area contributed by atoms with Gasteiger partial charge in [-0.1, -0.05) is 0 Å². The van der Waals surface area contributed by atoms with Crippen LogP contribution in [0.15, 0.2) is 0 Å². The lowest BCUT2D eigenvalue weighted by Crippen LogP contribution is -2.52. The van der Waals surface area contributed by atoms with Crippen LogP contribution in [-0.2, 0) is 47.7 Å². The van der Waals surface area contributed by atoms with Crippen molar-refractivity contribution in [1.82, 2.24) is 36.0 Å². The first-order chi connectivity index (χ1) is 20.4. The summed E-state index contributed by atoms with van der Waals surface area (Å²) in [6.07, 6.45) is -1.23. The van der Waals surface area contributed by atoms with Crippen LogP contribution in [-0.4, -0.2) is 184 Å². The molecule has 0 aromatic heterocycles. The maximum absolute atomic E-state index is 13.3. The Kier molecular flexibility index (Phi) is 17.4. The van der Waals surface area contributed by atoms with Crippen LogP contribution >= 0.6 is 0 Å². The molecule has 0 bridgehead atoms. The summed E-state index contributed by atoms with van der Waals surface area (Å²) in [5.74, 6) is -3.16. The van der Waals surface area contributed by atoms with Gasteiger partial charge in [0.05, 0.1) is 32.3 Å². The van der Waals surface area contributed by atoms with Gasteiger partial charge in [0.1, 0.15) is 52.3 Å². The second-order valence-corrected chi connectivity index (χ2v) is 9.77. The molecule has 1 aliphatic rings. The number of carbonyl (C=O) groups excluding carboxylic acids is 6. The molecular weight excluding hydrogens is 569 g/mol. The molecule has 4 atom stereocenters. The van der Waals surface area contributed by atoms with E-state index in [-0.39, 0.29) is 64.5 Å². The van der Waals surface area contributed by atoms with Crippen molar-refractivity contribution in [3.05, 3.63) is 0 Å². The predicted octanol–water partition coefficient (Wildman–Crippen LogP) is -5.67. The fourth-order valence-electron chi connectivity index (χ4n) is 4.31. The van der Waals surface area contributed by atoms with E-state index in [4.69, 9.17) is 18.9 Å². The third-order valence-corrected chi connectivity index (χ3v) is 6.74. The quantitative estimate of drug-likeness (QED) is 0.101. The van der Waals surface area contributed by atoms with E-state index in [0.29, 0.717) is 6.61 Å². The van der Waals surface area contributed by atoms with Crippen molar-refractivity contribution >= 4 is 43.3 Å². The third kappa shape index (κ3) is 12.8. The first kappa shape index (κ1) is 37.7. The van der Waals surface area contributed by atoms with E-state index in [1.165, 1.54) is 40.2 Å². The minimum absolute atomic E-state index is 0.0499. The van der Waals surface area contributed by atoms with Gasteiger partial charge < -0.3 is 50.0 Å². The summed E-state index contributed by atoms with van der Waals surface area (Å²) in [7, 11) is 10.5. The summed E-state index contributed by atoms with van der Waals surface area (Å²) in [4.78, 5) is 78.4. The van der Waals surface area contributed by atoms with E-state index >= 15 is 0 Å². The molecule has 1 saturated heterocycles. The first-order valence-electron chi connectivity index (χ1n) is 13.8. The monoisotopic (exact) mass is 615 g/mol. The van der Waals surface area contributed by atoms with E-state index < -0.39 is 47.7 Å². The minimum Gasteiger partial charge on any atom is -0.382 e. The van der Waals surface area contributed by atoms with Gasteiger partial charge in [-0.25, -0.2) is 0 Å². The molecule has 1 heterocycles. The Labute approximate surface area is 253 Å². The number of hydrogen-bond acceptors (Lipinski definition) is 11. The van der Waals surface area contributed by atoms with E-state index in [0.717, 1.165) is 9.80 Å². The molecule has 43 heavy (non-hydrogen) atoms. The largest absolute Gasteiger partial charge is 0.382 e. The zero-order valence-corrected chi connectivity index (χ0v) is 26.1. The number of likely N-dealkylation sites (N-methyl/N-ethyl adjacent to an activating group) is 4.